The van der Waals surface area contributed by atoms with Crippen LogP contribution in [0.5, 0.6) is 23.0 Å². The number of aromatic nitrogens is 2. The average Bonchev–Trinajstić information content (AvgIpc) is 3.34. The van der Waals surface area contributed by atoms with Gasteiger partial charge in [0.2, 0.25) is 6.79 Å². The number of hydrogen-bond donors (Lipinski definition) is 3. The zero-order valence-corrected chi connectivity index (χ0v) is 14.5. The minimum absolute atomic E-state index is 0.0194. The Morgan fingerprint density at radius 2 is 2.00 bits per heavy atom. The predicted octanol–water partition coefficient (Wildman–Crippen LogP) is 3.27. The van der Waals surface area contributed by atoms with Gasteiger partial charge < -0.3 is 24.4 Å². The van der Waals surface area contributed by atoms with Crippen LogP contribution < -0.4 is 14.2 Å². The molecule has 138 valence electrons. The van der Waals surface area contributed by atoms with Gasteiger partial charge in [-0.25, -0.2) is 0 Å². The lowest BCUT2D eigenvalue weighted by molar-refractivity contribution is 0.174. The molecule has 0 radical (unpaired) electrons. The Labute approximate surface area is 155 Å². The quantitative estimate of drug-likeness (QED) is 0.641. The van der Waals surface area contributed by atoms with Crippen molar-refractivity contribution in [2.24, 2.45) is 0 Å². The molecule has 1 aromatic heterocycles. The third kappa shape index (κ3) is 3.45. The zero-order chi connectivity index (χ0) is 18.8. The van der Waals surface area contributed by atoms with Gasteiger partial charge in [0.1, 0.15) is 0 Å². The Balaban J connectivity index is 1.49. The van der Waals surface area contributed by atoms with Gasteiger partial charge in [0.05, 0.1) is 24.6 Å². The highest BCUT2D eigenvalue weighted by Gasteiger charge is 2.15. The first-order chi connectivity index (χ1) is 13.1. The number of H-pyrrole nitrogens is 1. The number of fused-ring (bicyclic) bond motifs is 1. The molecule has 7 nitrogen and oxygen atoms in total. The molecule has 0 bridgehead atoms. The molecular formula is C20H18N2O5. The van der Waals surface area contributed by atoms with Crippen molar-refractivity contribution in [2.75, 3.05) is 13.9 Å². The van der Waals surface area contributed by atoms with Gasteiger partial charge in [0.25, 0.3) is 0 Å². The molecule has 0 fully saturated rings. The van der Waals surface area contributed by atoms with Crippen molar-refractivity contribution >= 4 is 6.08 Å². The van der Waals surface area contributed by atoms with Crippen molar-refractivity contribution in [3.05, 3.63) is 59.8 Å². The van der Waals surface area contributed by atoms with Crippen LogP contribution in [0.2, 0.25) is 0 Å². The normalized spacial score (nSPS) is 13.9. The fourth-order valence-electron chi connectivity index (χ4n) is 2.82. The van der Waals surface area contributed by atoms with E-state index in [2.05, 4.69) is 10.2 Å². The van der Waals surface area contributed by atoms with Crippen molar-refractivity contribution < 1.29 is 24.4 Å². The highest BCUT2D eigenvalue weighted by Crippen LogP contribution is 2.35. The maximum absolute atomic E-state index is 10.3. The average molecular weight is 366 g/mol. The first-order valence-corrected chi connectivity index (χ1v) is 8.32. The van der Waals surface area contributed by atoms with Gasteiger partial charge in [0.15, 0.2) is 23.0 Å². The Bertz CT molecular complexity index is 996. The lowest BCUT2D eigenvalue weighted by atomic mass is 10.1. The summed E-state index contributed by atoms with van der Waals surface area (Å²) in [5, 5.41) is 27.3. The summed E-state index contributed by atoms with van der Waals surface area (Å²) in [6.45, 7) is 0.228. The Kier molecular flexibility index (Phi) is 4.43. The molecule has 0 aliphatic carbocycles. The molecule has 1 atom stereocenters. The summed E-state index contributed by atoms with van der Waals surface area (Å²) in [5.41, 5.74) is 2.94. The third-order valence-electron chi connectivity index (χ3n) is 4.27. The van der Waals surface area contributed by atoms with Crippen molar-refractivity contribution in [1.82, 2.24) is 10.2 Å². The van der Waals surface area contributed by atoms with Crippen molar-refractivity contribution in [3.8, 4) is 34.3 Å². The molecule has 0 saturated carbocycles. The van der Waals surface area contributed by atoms with E-state index in [0.717, 1.165) is 22.7 Å². The molecule has 1 aliphatic heterocycles. The van der Waals surface area contributed by atoms with Crippen LogP contribution in [0.4, 0.5) is 0 Å². The standard InChI is InChI=1S/C20H18N2O5/c1-25-18-6-3-13(8-17(18)24)16(23)5-4-14-10-15(22-21-14)12-2-7-19-20(9-12)27-11-26-19/h2-10,16,23-24H,11H2,1H3,(H,21,22)/b5-4+. The number of rotatable bonds is 5. The second-order valence-electron chi connectivity index (χ2n) is 6.01. The largest absolute Gasteiger partial charge is 0.504 e. The van der Waals surface area contributed by atoms with Gasteiger partial charge in [-0.05, 0) is 54.1 Å². The van der Waals surface area contributed by atoms with E-state index in [1.54, 1.807) is 24.3 Å². The van der Waals surface area contributed by atoms with Crippen LogP contribution >= 0.6 is 0 Å². The number of phenolic OH excluding ortho intramolecular Hbond substituents is 1. The fourth-order valence-corrected chi connectivity index (χ4v) is 2.82. The molecule has 3 aromatic rings. The number of hydrogen-bond acceptors (Lipinski definition) is 6. The monoisotopic (exact) mass is 366 g/mol. The van der Waals surface area contributed by atoms with Gasteiger partial charge in [-0.15, -0.1) is 0 Å². The third-order valence-corrected chi connectivity index (χ3v) is 4.27. The SMILES string of the molecule is COc1ccc(C(O)/C=C/c2cc(-c3ccc4c(c3)OCO4)n[nH]2)cc1O. The van der Waals surface area contributed by atoms with E-state index in [-0.39, 0.29) is 12.5 Å². The Hall–Kier alpha value is -3.45. The molecule has 0 saturated heterocycles. The number of nitrogens with zero attached hydrogens (tertiary/aromatic N) is 1. The molecule has 2 heterocycles. The molecular weight excluding hydrogens is 348 g/mol. The number of ether oxygens (including phenoxy) is 3. The van der Waals surface area contributed by atoms with E-state index >= 15 is 0 Å². The minimum Gasteiger partial charge on any atom is -0.504 e. The number of nitrogens with one attached hydrogen (secondary N) is 1. The summed E-state index contributed by atoms with van der Waals surface area (Å²) in [6.07, 6.45) is 2.47. The molecule has 7 heteroatoms. The zero-order valence-electron chi connectivity index (χ0n) is 14.5. The predicted molar refractivity (Wildman–Crippen MR) is 98.8 cm³/mol. The summed E-state index contributed by atoms with van der Waals surface area (Å²) in [7, 11) is 1.47. The lowest BCUT2D eigenvalue weighted by Gasteiger charge is -2.08. The van der Waals surface area contributed by atoms with Crippen molar-refractivity contribution in [2.45, 2.75) is 6.10 Å². The minimum atomic E-state index is -0.876. The highest BCUT2D eigenvalue weighted by atomic mass is 16.7. The number of aromatic amines is 1. The van der Waals surface area contributed by atoms with E-state index in [0.29, 0.717) is 17.1 Å². The number of aliphatic hydroxyl groups excluding tert-OH is 1. The van der Waals surface area contributed by atoms with E-state index in [1.165, 1.54) is 13.2 Å². The highest BCUT2D eigenvalue weighted by molar-refractivity contribution is 5.66. The van der Waals surface area contributed by atoms with Crippen LogP contribution in [0.15, 0.2) is 48.5 Å². The topological polar surface area (TPSA) is 96.8 Å². The second kappa shape index (κ2) is 7.05. The number of phenols is 1. The Morgan fingerprint density at radius 3 is 2.81 bits per heavy atom. The van der Waals surface area contributed by atoms with Crippen LogP contribution in [0.25, 0.3) is 17.3 Å². The van der Waals surface area contributed by atoms with Gasteiger partial charge in [-0.3, -0.25) is 5.10 Å². The molecule has 27 heavy (non-hydrogen) atoms. The van der Waals surface area contributed by atoms with Crippen molar-refractivity contribution in [3.63, 3.8) is 0 Å². The molecule has 1 aliphatic rings. The number of methoxy groups -OCH3 is 1. The summed E-state index contributed by atoms with van der Waals surface area (Å²) in [6, 6.07) is 12.3. The summed E-state index contributed by atoms with van der Waals surface area (Å²) in [4.78, 5) is 0. The molecule has 1 unspecified atom stereocenters. The number of benzene rings is 2. The molecule has 2 aromatic carbocycles. The summed E-state index contributed by atoms with van der Waals surface area (Å²) >= 11 is 0. The molecule has 3 N–H and O–H groups in total. The van der Waals surface area contributed by atoms with Gasteiger partial charge in [0, 0.05) is 5.56 Å². The van der Waals surface area contributed by atoms with Crippen LogP contribution in [-0.4, -0.2) is 34.3 Å². The molecule has 4 rings (SSSR count). The van der Waals surface area contributed by atoms with Gasteiger partial charge >= 0.3 is 0 Å². The van der Waals surface area contributed by atoms with E-state index in [1.807, 2.05) is 24.3 Å². The first-order valence-electron chi connectivity index (χ1n) is 8.32. The van der Waals surface area contributed by atoms with E-state index in [4.69, 9.17) is 14.2 Å². The van der Waals surface area contributed by atoms with E-state index < -0.39 is 6.10 Å². The first kappa shape index (κ1) is 17.0. The van der Waals surface area contributed by atoms with Crippen LogP contribution in [0, 0.1) is 0 Å². The Morgan fingerprint density at radius 1 is 1.15 bits per heavy atom. The maximum Gasteiger partial charge on any atom is 0.231 e. The number of aliphatic hydroxyl groups is 1. The fraction of sp³-hybridized carbons (Fsp3) is 0.150. The van der Waals surface area contributed by atoms with Crippen LogP contribution in [-0.2, 0) is 0 Å². The lowest BCUT2D eigenvalue weighted by Crippen LogP contribution is -1.93. The summed E-state index contributed by atoms with van der Waals surface area (Å²) in [5.74, 6) is 1.76. The second-order valence-corrected chi connectivity index (χ2v) is 6.01. The molecule has 0 spiro atoms. The summed E-state index contributed by atoms with van der Waals surface area (Å²) < 4.78 is 15.7. The van der Waals surface area contributed by atoms with Crippen molar-refractivity contribution in [1.29, 1.82) is 0 Å². The van der Waals surface area contributed by atoms with Crippen LogP contribution in [0.3, 0.4) is 0 Å². The van der Waals surface area contributed by atoms with Gasteiger partial charge in [-0.2, -0.15) is 5.10 Å². The van der Waals surface area contributed by atoms with Crippen LogP contribution in [0.1, 0.15) is 17.4 Å². The van der Waals surface area contributed by atoms with E-state index in [9.17, 15) is 10.2 Å². The maximum atomic E-state index is 10.3. The number of aromatic hydroxyl groups is 1. The molecule has 0 amide bonds. The smallest absolute Gasteiger partial charge is 0.231 e. The van der Waals surface area contributed by atoms with Gasteiger partial charge in [-0.1, -0.05) is 6.07 Å².